The summed E-state index contributed by atoms with van der Waals surface area (Å²) in [5.41, 5.74) is 0.00592. The van der Waals surface area contributed by atoms with Crippen LogP contribution in [0.15, 0.2) is 17.0 Å². The fraction of sp³-hybridized carbons (Fsp3) is 0.462. The Hall–Kier alpha value is -0.490. The van der Waals surface area contributed by atoms with Crippen molar-refractivity contribution >= 4 is 48.8 Å². The minimum absolute atomic E-state index is 0.00592. The van der Waals surface area contributed by atoms with Gasteiger partial charge in [-0.05, 0) is 36.8 Å². The summed E-state index contributed by atoms with van der Waals surface area (Å²) in [5.74, 6) is 0.568. The van der Waals surface area contributed by atoms with E-state index in [2.05, 4.69) is 12.2 Å². The highest BCUT2D eigenvalue weighted by Crippen LogP contribution is 2.36. The first kappa shape index (κ1) is 16.9. The van der Waals surface area contributed by atoms with Gasteiger partial charge in [-0.25, -0.2) is 8.42 Å². The Balaban J connectivity index is 2.22. The summed E-state index contributed by atoms with van der Waals surface area (Å²) >= 11 is 11.8. The highest BCUT2D eigenvalue weighted by molar-refractivity contribution is 8.13. The second-order valence-electron chi connectivity index (χ2n) is 5.23. The third kappa shape index (κ3) is 4.25. The molecule has 1 amide bonds. The van der Waals surface area contributed by atoms with Crippen molar-refractivity contribution in [1.29, 1.82) is 0 Å². The van der Waals surface area contributed by atoms with Crippen LogP contribution in [0.25, 0.3) is 0 Å². The number of hydrogen-bond donors (Lipinski definition) is 1. The van der Waals surface area contributed by atoms with E-state index in [-0.39, 0.29) is 20.5 Å². The first-order chi connectivity index (χ1) is 9.70. The standard InChI is InChI=1S/C13H14Cl3NO3S/c1-7(8-2-3-8)6-17-13(18)10-4-9(14)5-11(12(10)15)21(16,19)20/h4-5,7-8H,2-3,6H2,1H3,(H,17,18). The Morgan fingerprint density at radius 2 is 2.00 bits per heavy atom. The summed E-state index contributed by atoms with van der Waals surface area (Å²) in [7, 11) is 1.22. The molecule has 2 rings (SSSR count). The molecule has 0 aromatic heterocycles. The topological polar surface area (TPSA) is 63.2 Å². The highest BCUT2D eigenvalue weighted by atomic mass is 35.7. The van der Waals surface area contributed by atoms with Gasteiger partial charge in [0, 0.05) is 22.2 Å². The van der Waals surface area contributed by atoms with Crippen LogP contribution in [0, 0.1) is 11.8 Å². The van der Waals surface area contributed by atoms with Crippen molar-refractivity contribution in [2.24, 2.45) is 11.8 Å². The van der Waals surface area contributed by atoms with E-state index in [4.69, 9.17) is 33.9 Å². The quantitative estimate of drug-likeness (QED) is 0.804. The second kappa shape index (κ2) is 6.32. The van der Waals surface area contributed by atoms with E-state index in [1.165, 1.54) is 18.9 Å². The van der Waals surface area contributed by atoms with Crippen molar-refractivity contribution < 1.29 is 13.2 Å². The maximum atomic E-state index is 12.2. The van der Waals surface area contributed by atoms with Crippen LogP contribution >= 0.6 is 33.9 Å². The van der Waals surface area contributed by atoms with Crippen molar-refractivity contribution in [1.82, 2.24) is 5.32 Å². The average molecular weight is 371 g/mol. The summed E-state index contributed by atoms with van der Waals surface area (Å²) < 4.78 is 22.9. The molecular formula is C13H14Cl3NO3S. The smallest absolute Gasteiger partial charge is 0.262 e. The van der Waals surface area contributed by atoms with Crippen LogP contribution in [-0.4, -0.2) is 20.9 Å². The van der Waals surface area contributed by atoms with E-state index in [0.717, 1.165) is 6.07 Å². The lowest BCUT2D eigenvalue weighted by Crippen LogP contribution is -2.29. The molecule has 1 aromatic rings. The van der Waals surface area contributed by atoms with Gasteiger partial charge in [-0.15, -0.1) is 0 Å². The zero-order chi connectivity index (χ0) is 15.8. The lowest BCUT2D eigenvalue weighted by atomic mass is 10.1. The SMILES string of the molecule is CC(CNC(=O)c1cc(Cl)cc(S(=O)(=O)Cl)c1Cl)C1CC1. The molecule has 1 unspecified atom stereocenters. The van der Waals surface area contributed by atoms with Crippen LogP contribution in [0.2, 0.25) is 10.0 Å². The number of rotatable bonds is 5. The van der Waals surface area contributed by atoms with Gasteiger partial charge >= 0.3 is 0 Å². The predicted molar refractivity (Wildman–Crippen MR) is 83.7 cm³/mol. The number of carbonyl (C=O) groups excluding carboxylic acids is 1. The van der Waals surface area contributed by atoms with Gasteiger partial charge in [0.2, 0.25) is 0 Å². The molecular weight excluding hydrogens is 357 g/mol. The number of hydrogen-bond acceptors (Lipinski definition) is 3. The molecule has 4 nitrogen and oxygen atoms in total. The molecule has 8 heteroatoms. The normalized spacial score (nSPS) is 16.6. The van der Waals surface area contributed by atoms with Gasteiger partial charge in [0.25, 0.3) is 15.0 Å². The van der Waals surface area contributed by atoms with Crippen molar-refractivity contribution in [2.75, 3.05) is 6.54 Å². The van der Waals surface area contributed by atoms with Gasteiger partial charge in [0.15, 0.2) is 0 Å². The Bertz CT molecular complexity index is 671. The molecule has 1 aliphatic rings. The van der Waals surface area contributed by atoms with E-state index < -0.39 is 15.0 Å². The molecule has 1 saturated carbocycles. The van der Waals surface area contributed by atoms with Gasteiger partial charge in [-0.3, -0.25) is 4.79 Å². The summed E-state index contributed by atoms with van der Waals surface area (Å²) in [6, 6.07) is 2.45. The fourth-order valence-corrected chi connectivity index (χ4v) is 3.95. The first-order valence-corrected chi connectivity index (χ1v) is 9.48. The van der Waals surface area contributed by atoms with Crippen LogP contribution in [0.1, 0.15) is 30.1 Å². The van der Waals surface area contributed by atoms with Crippen molar-refractivity contribution in [3.63, 3.8) is 0 Å². The number of amides is 1. The monoisotopic (exact) mass is 369 g/mol. The molecule has 21 heavy (non-hydrogen) atoms. The summed E-state index contributed by atoms with van der Waals surface area (Å²) in [6.07, 6.45) is 2.37. The van der Waals surface area contributed by atoms with E-state index >= 15 is 0 Å². The van der Waals surface area contributed by atoms with Crippen LogP contribution in [0.4, 0.5) is 0 Å². The molecule has 1 atom stereocenters. The fourth-order valence-electron chi connectivity index (χ4n) is 2.09. The van der Waals surface area contributed by atoms with Crippen molar-refractivity contribution in [2.45, 2.75) is 24.7 Å². The van der Waals surface area contributed by atoms with Crippen LogP contribution in [0.5, 0.6) is 0 Å². The summed E-state index contributed by atoms with van der Waals surface area (Å²) in [6.45, 7) is 2.57. The Labute approximate surface area is 138 Å². The van der Waals surface area contributed by atoms with Gasteiger partial charge < -0.3 is 5.32 Å². The minimum Gasteiger partial charge on any atom is -0.352 e. The van der Waals surface area contributed by atoms with Gasteiger partial charge in [-0.1, -0.05) is 30.1 Å². The largest absolute Gasteiger partial charge is 0.352 e. The van der Waals surface area contributed by atoms with E-state index in [9.17, 15) is 13.2 Å². The average Bonchev–Trinajstić information content (AvgIpc) is 3.20. The van der Waals surface area contributed by atoms with Crippen LogP contribution in [0.3, 0.4) is 0 Å². The molecule has 0 heterocycles. The van der Waals surface area contributed by atoms with Gasteiger partial charge in [0.1, 0.15) is 4.90 Å². The number of benzene rings is 1. The third-order valence-electron chi connectivity index (χ3n) is 3.52. The molecule has 1 fully saturated rings. The van der Waals surface area contributed by atoms with E-state index in [0.29, 0.717) is 18.4 Å². The Morgan fingerprint density at radius 1 is 1.38 bits per heavy atom. The molecule has 0 bridgehead atoms. The second-order valence-corrected chi connectivity index (χ2v) is 8.58. The Kier molecular flexibility index (Phi) is 5.08. The molecule has 0 spiro atoms. The molecule has 0 saturated heterocycles. The maximum Gasteiger partial charge on any atom is 0.262 e. The maximum absolute atomic E-state index is 12.2. The van der Waals surface area contributed by atoms with E-state index in [1.807, 2.05) is 0 Å². The minimum atomic E-state index is -4.07. The molecule has 0 radical (unpaired) electrons. The van der Waals surface area contributed by atoms with Crippen molar-refractivity contribution in [3.8, 4) is 0 Å². The van der Waals surface area contributed by atoms with Crippen LogP contribution < -0.4 is 5.32 Å². The highest BCUT2D eigenvalue weighted by Gasteiger charge is 2.28. The molecule has 0 aliphatic heterocycles. The number of nitrogens with one attached hydrogen (secondary N) is 1. The summed E-state index contributed by atoms with van der Waals surface area (Å²) in [5, 5.41) is 2.61. The summed E-state index contributed by atoms with van der Waals surface area (Å²) in [4.78, 5) is 11.8. The third-order valence-corrected chi connectivity index (χ3v) is 5.61. The van der Waals surface area contributed by atoms with Crippen molar-refractivity contribution in [3.05, 3.63) is 27.7 Å². The number of carbonyl (C=O) groups is 1. The molecule has 1 aromatic carbocycles. The zero-order valence-electron chi connectivity index (χ0n) is 11.2. The predicted octanol–water partition coefficient (Wildman–Crippen LogP) is 3.70. The Morgan fingerprint density at radius 3 is 2.52 bits per heavy atom. The van der Waals surface area contributed by atoms with Gasteiger partial charge in [-0.2, -0.15) is 0 Å². The first-order valence-electron chi connectivity index (χ1n) is 6.42. The van der Waals surface area contributed by atoms with E-state index in [1.54, 1.807) is 0 Å². The molecule has 1 N–H and O–H groups in total. The molecule has 1 aliphatic carbocycles. The lowest BCUT2D eigenvalue weighted by molar-refractivity contribution is 0.0946. The lowest BCUT2D eigenvalue weighted by Gasteiger charge is -2.13. The van der Waals surface area contributed by atoms with Crippen LogP contribution in [-0.2, 0) is 9.05 Å². The number of halogens is 3. The molecule has 116 valence electrons. The van der Waals surface area contributed by atoms with Gasteiger partial charge in [0.05, 0.1) is 10.6 Å². The zero-order valence-corrected chi connectivity index (χ0v) is 14.3.